The van der Waals surface area contributed by atoms with Crippen LogP contribution in [0.4, 0.5) is 5.69 Å². The van der Waals surface area contributed by atoms with Crippen molar-refractivity contribution in [1.29, 1.82) is 0 Å². The van der Waals surface area contributed by atoms with E-state index in [0.717, 1.165) is 27.9 Å². The Kier molecular flexibility index (Phi) is 5.73. The predicted octanol–water partition coefficient (Wildman–Crippen LogP) is 3.75. The van der Waals surface area contributed by atoms with Crippen LogP contribution in [0.5, 0.6) is 0 Å². The zero-order chi connectivity index (χ0) is 23.0. The number of carbonyl (C=O) groups is 1. The van der Waals surface area contributed by atoms with Crippen molar-refractivity contribution in [3.05, 3.63) is 61.2 Å². The number of hydrogen-bond donors (Lipinski definition) is 1. The van der Waals surface area contributed by atoms with Crippen molar-refractivity contribution < 1.29 is 13.2 Å². The van der Waals surface area contributed by atoms with Crippen molar-refractivity contribution in [2.45, 2.75) is 23.6 Å². The number of nitrogens with one attached hydrogen (secondary N) is 1. The van der Waals surface area contributed by atoms with E-state index in [1.807, 2.05) is 24.3 Å². The van der Waals surface area contributed by atoms with Gasteiger partial charge in [0.25, 0.3) is 10.0 Å². The predicted molar refractivity (Wildman–Crippen MR) is 129 cm³/mol. The number of pyridine rings is 2. The third-order valence-corrected chi connectivity index (χ3v) is 9.66. The number of sulfonamides is 1. The van der Waals surface area contributed by atoms with Crippen molar-refractivity contribution in [3.63, 3.8) is 0 Å². The zero-order valence-electron chi connectivity index (χ0n) is 18.0. The summed E-state index contributed by atoms with van der Waals surface area (Å²) in [6.07, 6.45) is 8.30. The Morgan fingerprint density at radius 3 is 2.88 bits per heavy atom. The lowest BCUT2D eigenvalue weighted by atomic mass is 9.93. The number of H-pyrrole nitrogens is 1. The Bertz CT molecular complexity index is 1380. The Labute approximate surface area is 196 Å². The summed E-state index contributed by atoms with van der Waals surface area (Å²) in [4.78, 5) is 26.2. The summed E-state index contributed by atoms with van der Waals surface area (Å²) in [6.45, 7) is 2.71. The number of carbonyl (C=O) groups excluding carboxylic acids is 1. The van der Waals surface area contributed by atoms with E-state index in [1.165, 1.54) is 15.6 Å². The number of fused-ring (bicyclic) bond motifs is 1. The van der Waals surface area contributed by atoms with Crippen LogP contribution < -0.4 is 4.90 Å². The van der Waals surface area contributed by atoms with E-state index in [-0.39, 0.29) is 18.5 Å². The van der Waals surface area contributed by atoms with E-state index in [9.17, 15) is 13.2 Å². The lowest BCUT2D eigenvalue weighted by Gasteiger charge is -2.41. The third kappa shape index (κ3) is 3.94. The van der Waals surface area contributed by atoms with E-state index in [0.29, 0.717) is 22.8 Å². The van der Waals surface area contributed by atoms with E-state index in [4.69, 9.17) is 0 Å². The third-order valence-electron chi connectivity index (χ3n) is 6.19. The SMILES string of the molecule is C[C@@H]1CCN(S(=O)(=O)c2ccc(-c3cccnc3)s2)C[C@@H]1N(C=O)c1ccnc2[nH]ccc12. The molecule has 1 amide bonds. The Morgan fingerprint density at radius 2 is 2.09 bits per heavy atom. The molecule has 2 atom stereocenters. The highest BCUT2D eigenvalue weighted by atomic mass is 32.2. The molecule has 1 fully saturated rings. The van der Waals surface area contributed by atoms with Crippen LogP contribution in [0, 0.1) is 5.92 Å². The molecule has 1 aliphatic rings. The van der Waals surface area contributed by atoms with Crippen LogP contribution in [0.1, 0.15) is 13.3 Å². The molecule has 5 rings (SSSR count). The standard InChI is InChI=1S/C23H23N5O3S2/c1-16-8-12-27(33(30,31)22-5-4-21(32-22)17-3-2-9-24-13-17)14-20(16)28(15-29)19-7-11-26-23-18(19)6-10-25-23/h2-7,9-11,13,15-16,20H,8,12,14H2,1H3,(H,25,26)/t16-,20+/m1/s1. The fraction of sp³-hybridized carbons (Fsp3) is 0.261. The minimum absolute atomic E-state index is 0.137. The van der Waals surface area contributed by atoms with Gasteiger partial charge in [-0.1, -0.05) is 13.0 Å². The van der Waals surface area contributed by atoms with Crippen LogP contribution >= 0.6 is 11.3 Å². The van der Waals surface area contributed by atoms with Crippen LogP contribution in [-0.4, -0.2) is 53.2 Å². The minimum atomic E-state index is -3.69. The highest BCUT2D eigenvalue weighted by Crippen LogP contribution is 2.35. The van der Waals surface area contributed by atoms with Gasteiger partial charge in [-0.2, -0.15) is 4.31 Å². The summed E-state index contributed by atoms with van der Waals surface area (Å²) in [6, 6.07) is 10.6. The summed E-state index contributed by atoms with van der Waals surface area (Å²) in [7, 11) is -3.69. The van der Waals surface area contributed by atoms with Crippen molar-refractivity contribution in [2.24, 2.45) is 5.92 Å². The van der Waals surface area contributed by atoms with Crippen molar-refractivity contribution in [2.75, 3.05) is 18.0 Å². The molecular weight excluding hydrogens is 458 g/mol. The molecule has 0 saturated carbocycles. The van der Waals surface area contributed by atoms with Gasteiger partial charge in [-0.3, -0.25) is 9.78 Å². The summed E-state index contributed by atoms with van der Waals surface area (Å²) >= 11 is 1.24. The molecule has 0 radical (unpaired) electrons. The molecule has 1 N–H and O–H groups in total. The van der Waals surface area contributed by atoms with Gasteiger partial charge < -0.3 is 9.88 Å². The van der Waals surface area contributed by atoms with Gasteiger partial charge in [-0.25, -0.2) is 13.4 Å². The van der Waals surface area contributed by atoms with E-state index in [2.05, 4.69) is 21.9 Å². The maximum atomic E-state index is 13.5. The molecule has 4 aromatic heterocycles. The number of thiophene rings is 1. The number of piperidine rings is 1. The number of hydrogen-bond acceptors (Lipinski definition) is 6. The van der Waals surface area contributed by atoms with Crippen LogP contribution in [0.15, 0.2) is 65.4 Å². The van der Waals surface area contributed by atoms with Gasteiger partial charge in [0.05, 0.1) is 11.7 Å². The number of amides is 1. The molecule has 0 bridgehead atoms. The molecule has 0 unspecified atom stereocenters. The zero-order valence-corrected chi connectivity index (χ0v) is 19.6. The first-order valence-corrected chi connectivity index (χ1v) is 12.9. The summed E-state index contributed by atoms with van der Waals surface area (Å²) in [5.74, 6) is 0.137. The van der Waals surface area contributed by atoms with Crippen molar-refractivity contribution in [1.82, 2.24) is 19.3 Å². The molecule has 1 saturated heterocycles. The molecule has 0 spiro atoms. The average molecular weight is 482 g/mol. The van der Waals surface area contributed by atoms with Crippen LogP contribution in [0.3, 0.4) is 0 Å². The Hall–Kier alpha value is -3.08. The van der Waals surface area contributed by atoms with E-state index >= 15 is 0 Å². The van der Waals surface area contributed by atoms with Gasteiger partial charge in [-0.05, 0) is 42.7 Å². The Balaban J connectivity index is 1.44. The maximum Gasteiger partial charge on any atom is 0.252 e. The van der Waals surface area contributed by atoms with Crippen LogP contribution in [-0.2, 0) is 14.8 Å². The first-order valence-electron chi connectivity index (χ1n) is 10.6. The lowest BCUT2D eigenvalue weighted by Crippen LogP contribution is -2.53. The Morgan fingerprint density at radius 1 is 1.21 bits per heavy atom. The van der Waals surface area contributed by atoms with Gasteiger partial charge in [0.15, 0.2) is 0 Å². The number of anilines is 1. The molecule has 170 valence electrons. The van der Waals surface area contributed by atoms with Crippen molar-refractivity contribution >= 4 is 44.5 Å². The molecule has 0 aromatic carbocycles. The molecule has 0 aliphatic carbocycles. The highest BCUT2D eigenvalue weighted by molar-refractivity contribution is 7.91. The van der Waals surface area contributed by atoms with E-state index < -0.39 is 10.0 Å². The number of aromatic nitrogens is 3. The van der Waals surface area contributed by atoms with Gasteiger partial charge in [0, 0.05) is 53.7 Å². The molecule has 8 nitrogen and oxygen atoms in total. The van der Waals surface area contributed by atoms with Gasteiger partial charge in [-0.15, -0.1) is 11.3 Å². The molecule has 4 aromatic rings. The second-order valence-corrected chi connectivity index (χ2v) is 11.4. The first-order chi connectivity index (χ1) is 16.0. The largest absolute Gasteiger partial charge is 0.346 e. The smallest absolute Gasteiger partial charge is 0.252 e. The fourth-order valence-electron chi connectivity index (χ4n) is 4.34. The monoisotopic (exact) mass is 481 g/mol. The highest BCUT2D eigenvalue weighted by Gasteiger charge is 2.38. The van der Waals surface area contributed by atoms with Gasteiger partial charge in [0.2, 0.25) is 6.41 Å². The summed E-state index contributed by atoms with van der Waals surface area (Å²) in [5, 5.41) is 0.830. The quantitative estimate of drug-likeness (QED) is 0.423. The molecule has 5 heterocycles. The van der Waals surface area contributed by atoms with E-state index in [1.54, 1.807) is 41.8 Å². The summed E-state index contributed by atoms with van der Waals surface area (Å²) in [5.41, 5.74) is 2.30. The molecule has 33 heavy (non-hydrogen) atoms. The second kappa shape index (κ2) is 8.69. The number of aromatic amines is 1. The summed E-state index contributed by atoms with van der Waals surface area (Å²) < 4.78 is 28.8. The second-order valence-electron chi connectivity index (χ2n) is 8.14. The van der Waals surface area contributed by atoms with Crippen LogP contribution in [0.25, 0.3) is 21.5 Å². The maximum absolute atomic E-state index is 13.5. The molecule has 1 aliphatic heterocycles. The minimum Gasteiger partial charge on any atom is -0.346 e. The number of nitrogens with zero attached hydrogens (tertiary/aromatic N) is 4. The van der Waals surface area contributed by atoms with Gasteiger partial charge in [0.1, 0.15) is 9.86 Å². The number of rotatable bonds is 6. The van der Waals surface area contributed by atoms with Gasteiger partial charge >= 0.3 is 0 Å². The normalized spacial score (nSPS) is 19.5. The molecular formula is C23H23N5O3S2. The van der Waals surface area contributed by atoms with Crippen LogP contribution in [0.2, 0.25) is 0 Å². The topological polar surface area (TPSA) is 99.3 Å². The lowest BCUT2D eigenvalue weighted by molar-refractivity contribution is -0.108. The van der Waals surface area contributed by atoms with Crippen molar-refractivity contribution in [3.8, 4) is 10.4 Å². The fourth-order valence-corrected chi connectivity index (χ4v) is 7.26. The molecule has 10 heteroatoms. The first kappa shape index (κ1) is 21.7. The average Bonchev–Trinajstić information content (AvgIpc) is 3.52.